The molecule has 3 nitrogen and oxygen atoms in total. The van der Waals surface area contributed by atoms with Gasteiger partial charge in [0, 0.05) is 10.9 Å². The van der Waals surface area contributed by atoms with Gasteiger partial charge in [0.05, 0.1) is 6.54 Å². The first-order chi connectivity index (χ1) is 6.77. The fourth-order valence-corrected chi connectivity index (χ4v) is 2.50. The van der Waals surface area contributed by atoms with E-state index in [0.29, 0.717) is 12.0 Å². The molecule has 1 aliphatic carbocycles. The maximum atomic E-state index is 10.7. The average Bonchev–Trinajstić information content (AvgIpc) is 2.81. The Morgan fingerprint density at radius 2 is 2.50 bits per heavy atom. The van der Waals surface area contributed by atoms with Crippen LogP contribution in [0.4, 0.5) is 0 Å². The molecule has 76 valence electrons. The Hall–Kier alpha value is -0.870. The van der Waals surface area contributed by atoms with Gasteiger partial charge in [-0.3, -0.25) is 4.79 Å². The predicted molar refractivity (Wildman–Crippen MR) is 57.0 cm³/mol. The minimum atomic E-state index is -0.285. The predicted octanol–water partition coefficient (Wildman–Crippen LogP) is 1.27. The van der Waals surface area contributed by atoms with Crippen LogP contribution in [0.2, 0.25) is 0 Å². The molecular formula is C10H14N2OS. The summed E-state index contributed by atoms with van der Waals surface area (Å²) in [5.74, 6) is 0.417. The van der Waals surface area contributed by atoms with Crippen LogP contribution in [0.3, 0.4) is 0 Å². The van der Waals surface area contributed by atoms with Crippen molar-refractivity contribution in [1.82, 2.24) is 5.32 Å². The fraction of sp³-hybridized carbons (Fsp3) is 0.500. The van der Waals surface area contributed by atoms with Crippen molar-refractivity contribution in [3.8, 4) is 0 Å². The maximum absolute atomic E-state index is 10.7. The van der Waals surface area contributed by atoms with Crippen LogP contribution in [-0.2, 0) is 4.79 Å². The zero-order valence-corrected chi connectivity index (χ0v) is 8.72. The molecule has 1 heterocycles. The smallest absolute Gasteiger partial charge is 0.231 e. The van der Waals surface area contributed by atoms with E-state index in [-0.39, 0.29) is 12.5 Å². The third kappa shape index (κ3) is 2.33. The highest BCUT2D eigenvalue weighted by Gasteiger charge is 2.32. The van der Waals surface area contributed by atoms with Crippen molar-refractivity contribution in [3.63, 3.8) is 0 Å². The first-order valence-corrected chi connectivity index (χ1v) is 5.70. The second kappa shape index (κ2) is 4.11. The van der Waals surface area contributed by atoms with Crippen LogP contribution < -0.4 is 11.1 Å². The Morgan fingerprint density at radius 3 is 3.00 bits per heavy atom. The van der Waals surface area contributed by atoms with Gasteiger partial charge in [-0.2, -0.15) is 0 Å². The van der Waals surface area contributed by atoms with Gasteiger partial charge in [-0.15, -0.1) is 11.3 Å². The van der Waals surface area contributed by atoms with Crippen LogP contribution in [0.25, 0.3) is 0 Å². The minimum absolute atomic E-state index is 0.277. The van der Waals surface area contributed by atoms with Crippen LogP contribution >= 0.6 is 11.3 Å². The molecule has 0 aliphatic heterocycles. The standard InChI is InChI=1S/C10H14N2OS/c11-9(13)6-12-10(7-3-4-7)8-2-1-5-14-8/h1-2,5,7,10,12H,3-4,6H2,(H2,11,13). The first-order valence-electron chi connectivity index (χ1n) is 4.82. The summed E-state index contributed by atoms with van der Waals surface area (Å²) < 4.78 is 0. The number of thiophene rings is 1. The second-order valence-electron chi connectivity index (χ2n) is 3.68. The van der Waals surface area contributed by atoms with Gasteiger partial charge in [-0.25, -0.2) is 0 Å². The highest BCUT2D eigenvalue weighted by molar-refractivity contribution is 7.10. The Labute approximate surface area is 87.3 Å². The van der Waals surface area contributed by atoms with E-state index in [9.17, 15) is 4.79 Å². The monoisotopic (exact) mass is 210 g/mol. The molecule has 14 heavy (non-hydrogen) atoms. The van der Waals surface area contributed by atoms with Crippen molar-refractivity contribution in [3.05, 3.63) is 22.4 Å². The number of carbonyl (C=O) groups excluding carboxylic acids is 1. The highest BCUT2D eigenvalue weighted by Crippen LogP contribution is 2.42. The van der Waals surface area contributed by atoms with Crippen molar-refractivity contribution in [2.75, 3.05) is 6.54 Å². The van der Waals surface area contributed by atoms with Crippen LogP contribution in [0, 0.1) is 5.92 Å². The maximum Gasteiger partial charge on any atom is 0.231 e. The number of hydrogen-bond acceptors (Lipinski definition) is 3. The van der Waals surface area contributed by atoms with E-state index in [1.165, 1.54) is 17.7 Å². The van der Waals surface area contributed by atoms with E-state index in [1.807, 2.05) is 6.07 Å². The lowest BCUT2D eigenvalue weighted by atomic mass is 10.1. The SMILES string of the molecule is NC(=O)CNC(c1cccs1)C1CC1. The molecule has 4 heteroatoms. The molecule has 1 fully saturated rings. The van der Waals surface area contributed by atoms with Crippen molar-refractivity contribution >= 4 is 17.2 Å². The lowest BCUT2D eigenvalue weighted by Gasteiger charge is -2.15. The summed E-state index contributed by atoms with van der Waals surface area (Å²) in [6.45, 7) is 0.277. The molecule has 1 aromatic heterocycles. The zero-order valence-electron chi connectivity index (χ0n) is 7.90. The van der Waals surface area contributed by atoms with Crippen LogP contribution in [0.5, 0.6) is 0 Å². The molecule has 0 bridgehead atoms. The normalized spacial score (nSPS) is 18.0. The number of hydrogen-bond donors (Lipinski definition) is 2. The van der Waals surface area contributed by atoms with Gasteiger partial charge in [0.2, 0.25) is 5.91 Å². The van der Waals surface area contributed by atoms with Crippen molar-refractivity contribution < 1.29 is 4.79 Å². The molecule has 0 aromatic carbocycles. The Balaban J connectivity index is 1.97. The Kier molecular flexibility index (Phi) is 2.84. The third-order valence-electron chi connectivity index (χ3n) is 2.44. The molecule has 0 saturated heterocycles. The van der Waals surface area contributed by atoms with Crippen LogP contribution in [-0.4, -0.2) is 12.5 Å². The van der Waals surface area contributed by atoms with E-state index in [2.05, 4.69) is 16.8 Å². The van der Waals surface area contributed by atoms with Crippen LogP contribution in [0.1, 0.15) is 23.8 Å². The van der Waals surface area contributed by atoms with Crippen molar-refractivity contribution in [1.29, 1.82) is 0 Å². The number of nitrogens with one attached hydrogen (secondary N) is 1. The molecule has 1 atom stereocenters. The van der Waals surface area contributed by atoms with Gasteiger partial charge in [0.25, 0.3) is 0 Å². The van der Waals surface area contributed by atoms with Gasteiger partial charge in [-0.05, 0) is 30.2 Å². The number of carbonyl (C=O) groups is 1. The fourth-order valence-electron chi connectivity index (χ4n) is 1.61. The quantitative estimate of drug-likeness (QED) is 0.769. The van der Waals surface area contributed by atoms with Gasteiger partial charge >= 0.3 is 0 Å². The molecular weight excluding hydrogens is 196 g/mol. The zero-order chi connectivity index (χ0) is 9.97. The largest absolute Gasteiger partial charge is 0.369 e. The lowest BCUT2D eigenvalue weighted by Crippen LogP contribution is -2.32. The Morgan fingerprint density at radius 1 is 1.71 bits per heavy atom. The number of rotatable bonds is 5. The average molecular weight is 210 g/mol. The molecule has 1 saturated carbocycles. The minimum Gasteiger partial charge on any atom is -0.369 e. The molecule has 0 spiro atoms. The van der Waals surface area contributed by atoms with Gasteiger partial charge in [0.15, 0.2) is 0 Å². The summed E-state index contributed by atoms with van der Waals surface area (Å²) >= 11 is 1.74. The summed E-state index contributed by atoms with van der Waals surface area (Å²) in [6.07, 6.45) is 2.52. The number of nitrogens with two attached hydrogens (primary N) is 1. The highest BCUT2D eigenvalue weighted by atomic mass is 32.1. The summed E-state index contributed by atoms with van der Waals surface area (Å²) in [5.41, 5.74) is 5.12. The molecule has 2 rings (SSSR count). The topological polar surface area (TPSA) is 55.1 Å². The first kappa shape index (κ1) is 9.68. The van der Waals surface area contributed by atoms with Crippen molar-refractivity contribution in [2.45, 2.75) is 18.9 Å². The van der Waals surface area contributed by atoms with Gasteiger partial charge < -0.3 is 11.1 Å². The van der Waals surface area contributed by atoms with Crippen LogP contribution in [0.15, 0.2) is 17.5 Å². The van der Waals surface area contributed by atoms with Gasteiger partial charge in [0.1, 0.15) is 0 Å². The molecule has 1 unspecified atom stereocenters. The van der Waals surface area contributed by atoms with E-state index in [0.717, 1.165) is 0 Å². The molecule has 1 amide bonds. The molecule has 1 aromatic rings. The summed E-state index contributed by atoms with van der Waals surface area (Å²) in [4.78, 5) is 12.0. The second-order valence-corrected chi connectivity index (χ2v) is 4.66. The lowest BCUT2D eigenvalue weighted by molar-refractivity contribution is -0.117. The van der Waals surface area contributed by atoms with E-state index < -0.39 is 0 Å². The molecule has 0 radical (unpaired) electrons. The molecule has 1 aliphatic rings. The summed E-state index contributed by atoms with van der Waals surface area (Å²) in [6, 6.07) is 4.49. The van der Waals surface area contributed by atoms with E-state index in [4.69, 9.17) is 5.73 Å². The number of amides is 1. The Bertz CT molecular complexity index is 306. The van der Waals surface area contributed by atoms with E-state index >= 15 is 0 Å². The molecule has 3 N–H and O–H groups in total. The van der Waals surface area contributed by atoms with Gasteiger partial charge in [-0.1, -0.05) is 6.07 Å². The van der Waals surface area contributed by atoms with E-state index in [1.54, 1.807) is 11.3 Å². The summed E-state index contributed by atoms with van der Waals surface area (Å²) in [7, 11) is 0. The third-order valence-corrected chi connectivity index (χ3v) is 3.39. The number of primary amides is 1. The van der Waals surface area contributed by atoms with Crippen molar-refractivity contribution in [2.24, 2.45) is 11.7 Å². The summed E-state index contributed by atoms with van der Waals surface area (Å²) in [5, 5.41) is 5.29.